The summed E-state index contributed by atoms with van der Waals surface area (Å²) >= 11 is 1.66. The average molecular weight is 398 g/mol. The topological polar surface area (TPSA) is 60.9 Å². The number of thioether (sulfide) groups is 1. The van der Waals surface area contributed by atoms with Crippen molar-refractivity contribution in [1.82, 2.24) is 13.5 Å². The third-order valence-corrected chi connectivity index (χ3v) is 8.07. The fraction of sp³-hybridized carbons (Fsp3) is 0.611. The molecule has 0 radical (unpaired) electrons. The van der Waals surface area contributed by atoms with Crippen LogP contribution in [0.1, 0.15) is 29.6 Å². The summed E-state index contributed by atoms with van der Waals surface area (Å²) in [6.45, 7) is 1.72. The Morgan fingerprint density at radius 3 is 2.46 bits per heavy atom. The molecule has 1 amide bonds. The van der Waals surface area contributed by atoms with Crippen LogP contribution in [-0.2, 0) is 10.2 Å². The van der Waals surface area contributed by atoms with E-state index < -0.39 is 10.2 Å². The van der Waals surface area contributed by atoms with E-state index in [2.05, 4.69) is 0 Å². The van der Waals surface area contributed by atoms with Crippen LogP contribution in [0.4, 0.5) is 0 Å². The molecule has 0 spiro atoms. The maximum Gasteiger partial charge on any atom is 0.281 e. The first-order valence-corrected chi connectivity index (χ1v) is 11.6. The van der Waals surface area contributed by atoms with E-state index in [-0.39, 0.29) is 17.9 Å². The second-order valence-corrected chi connectivity index (χ2v) is 10.2. The molecule has 2 atom stereocenters. The molecule has 1 aromatic carbocycles. The maximum absolute atomic E-state index is 13.0. The van der Waals surface area contributed by atoms with Gasteiger partial charge < -0.3 is 4.90 Å². The highest BCUT2D eigenvalue weighted by molar-refractivity contribution is 7.98. The van der Waals surface area contributed by atoms with Gasteiger partial charge in [-0.25, -0.2) is 0 Å². The summed E-state index contributed by atoms with van der Waals surface area (Å²) in [6.07, 6.45) is 4.61. The number of piperidine rings is 2. The van der Waals surface area contributed by atoms with Crippen molar-refractivity contribution in [2.24, 2.45) is 5.92 Å². The van der Waals surface area contributed by atoms with Gasteiger partial charge in [0.05, 0.1) is 0 Å². The molecule has 0 saturated carbocycles. The number of rotatable bonds is 4. The molecule has 2 heterocycles. The smallest absolute Gasteiger partial charge is 0.281 e. The van der Waals surface area contributed by atoms with E-state index >= 15 is 0 Å². The lowest BCUT2D eigenvalue weighted by molar-refractivity contribution is 0.0329. The second-order valence-electron chi connectivity index (χ2n) is 7.13. The quantitative estimate of drug-likeness (QED) is 0.731. The van der Waals surface area contributed by atoms with Crippen molar-refractivity contribution in [3.8, 4) is 0 Å². The minimum Gasteiger partial charge on any atom is -0.335 e. The fourth-order valence-corrected chi connectivity index (χ4v) is 5.55. The van der Waals surface area contributed by atoms with E-state index in [0.717, 1.165) is 24.3 Å². The molecule has 144 valence electrons. The third kappa shape index (κ3) is 3.78. The number of amides is 1. The van der Waals surface area contributed by atoms with Crippen LogP contribution < -0.4 is 0 Å². The summed E-state index contributed by atoms with van der Waals surface area (Å²) in [4.78, 5) is 16.1. The lowest BCUT2D eigenvalue weighted by Gasteiger charge is -2.47. The van der Waals surface area contributed by atoms with Crippen LogP contribution >= 0.6 is 11.8 Å². The number of carbonyl (C=O) groups excluding carboxylic acids is 1. The van der Waals surface area contributed by atoms with Gasteiger partial charge in [0.2, 0.25) is 0 Å². The number of hydrogen-bond donors (Lipinski definition) is 0. The molecular formula is C18H27N3O3S2. The molecule has 0 aromatic heterocycles. The summed E-state index contributed by atoms with van der Waals surface area (Å²) in [5.41, 5.74) is 0.715. The molecule has 0 aliphatic carbocycles. The third-order valence-electron chi connectivity index (χ3n) is 5.42. The first kappa shape index (κ1) is 19.7. The summed E-state index contributed by atoms with van der Waals surface area (Å²) in [7, 11) is -0.256. The van der Waals surface area contributed by atoms with Gasteiger partial charge in [-0.1, -0.05) is 0 Å². The zero-order valence-electron chi connectivity index (χ0n) is 15.6. The number of nitrogens with zero attached hydrogens (tertiary/aromatic N) is 3. The van der Waals surface area contributed by atoms with Crippen LogP contribution in [0.15, 0.2) is 29.2 Å². The molecule has 2 fully saturated rings. The Bertz CT molecular complexity index is 749. The molecule has 26 heavy (non-hydrogen) atoms. The Morgan fingerprint density at radius 1 is 1.15 bits per heavy atom. The largest absolute Gasteiger partial charge is 0.335 e. The number of carbonyl (C=O) groups is 1. The fourth-order valence-electron chi connectivity index (χ4n) is 3.96. The zero-order valence-corrected chi connectivity index (χ0v) is 17.2. The Balaban J connectivity index is 1.74. The van der Waals surface area contributed by atoms with Crippen molar-refractivity contribution >= 4 is 27.9 Å². The van der Waals surface area contributed by atoms with Gasteiger partial charge in [0.15, 0.2) is 0 Å². The highest BCUT2D eigenvalue weighted by atomic mass is 32.2. The standard InChI is InChI=1S/C18H27N3O3S2/c1-19(2)26(23,24)20-12-10-17-15(13-20)5-4-11-21(17)18(22)14-6-8-16(25-3)9-7-14/h6-9,15,17H,4-5,10-13H2,1-3H3/t15-,17+/m1/s1. The van der Waals surface area contributed by atoms with Crippen LogP contribution in [0.5, 0.6) is 0 Å². The molecule has 0 unspecified atom stereocenters. The predicted molar refractivity (Wildman–Crippen MR) is 105 cm³/mol. The highest BCUT2D eigenvalue weighted by Crippen LogP contribution is 2.33. The molecular weight excluding hydrogens is 370 g/mol. The first-order valence-electron chi connectivity index (χ1n) is 8.97. The minimum atomic E-state index is -3.39. The predicted octanol–water partition coefficient (Wildman–Crippen LogP) is 2.14. The molecule has 2 aliphatic rings. The van der Waals surface area contributed by atoms with Crippen LogP contribution in [0.25, 0.3) is 0 Å². The van der Waals surface area contributed by atoms with Gasteiger partial charge in [-0.2, -0.15) is 17.0 Å². The number of likely N-dealkylation sites (tertiary alicyclic amines) is 1. The van der Waals surface area contributed by atoms with Gasteiger partial charge in [-0.15, -0.1) is 11.8 Å². The van der Waals surface area contributed by atoms with E-state index in [1.807, 2.05) is 35.4 Å². The summed E-state index contributed by atoms with van der Waals surface area (Å²) in [6, 6.07) is 7.87. The number of fused-ring (bicyclic) bond motifs is 1. The molecule has 1 aromatic rings. The first-order chi connectivity index (χ1) is 12.3. The second kappa shape index (κ2) is 7.88. The lowest BCUT2D eigenvalue weighted by Crippen LogP contribution is -2.57. The average Bonchev–Trinajstić information content (AvgIpc) is 2.66. The van der Waals surface area contributed by atoms with E-state index in [0.29, 0.717) is 25.1 Å². The normalized spacial score (nSPS) is 24.5. The molecule has 2 saturated heterocycles. The van der Waals surface area contributed by atoms with Crippen LogP contribution in [0, 0.1) is 5.92 Å². The molecule has 6 nitrogen and oxygen atoms in total. The Hall–Kier alpha value is -1.09. The van der Waals surface area contributed by atoms with Crippen LogP contribution in [0.2, 0.25) is 0 Å². The maximum atomic E-state index is 13.0. The van der Waals surface area contributed by atoms with E-state index in [1.54, 1.807) is 30.2 Å². The molecule has 3 rings (SSSR count). The molecule has 0 bridgehead atoms. The Kier molecular flexibility index (Phi) is 5.96. The minimum absolute atomic E-state index is 0.0660. The van der Waals surface area contributed by atoms with E-state index in [1.165, 1.54) is 4.31 Å². The van der Waals surface area contributed by atoms with Crippen molar-refractivity contribution in [3.05, 3.63) is 29.8 Å². The van der Waals surface area contributed by atoms with Crippen LogP contribution in [-0.4, -0.2) is 73.9 Å². The number of benzene rings is 1. The van der Waals surface area contributed by atoms with Crippen molar-refractivity contribution in [3.63, 3.8) is 0 Å². The number of hydrogen-bond acceptors (Lipinski definition) is 4. The van der Waals surface area contributed by atoms with Crippen molar-refractivity contribution < 1.29 is 13.2 Å². The van der Waals surface area contributed by atoms with Gasteiger partial charge >= 0.3 is 0 Å². The van der Waals surface area contributed by atoms with E-state index in [4.69, 9.17) is 0 Å². The van der Waals surface area contributed by atoms with Gasteiger partial charge in [-0.05, 0) is 55.7 Å². The lowest BCUT2D eigenvalue weighted by atomic mass is 9.84. The van der Waals surface area contributed by atoms with Gasteiger partial charge in [0.1, 0.15) is 0 Å². The zero-order chi connectivity index (χ0) is 18.9. The van der Waals surface area contributed by atoms with Crippen LogP contribution in [0.3, 0.4) is 0 Å². The van der Waals surface area contributed by atoms with Crippen molar-refractivity contribution in [2.45, 2.75) is 30.2 Å². The molecule has 0 N–H and O–H groups in total. The van der Waals surface area contributed by atoms with Gasteiger partial charge in [0, 0.05) is 50.2 Å². The van der Waals surface area contributed by atoms with Gasteiger partial charge in [-0.3, -0.25) is 4.79 Å². The Morgan fingerprint density at radius 2 is 1.85 bits per heavy atom. The summed E-state index contributed by atoms with van der Waals surface area (Å²) < 4.78 is 27.7. The summed E-state index contributed by atoms with van der Waals surface area (Å²) in [5.74, 6) is 0.276. The van der Waals surface area contributed by atoms with Crippen molar-refractivity contribution in [2.75, 3.05) is 40.0 Å². The van der Waals surface area contributed by atoms with Crippen molar-refractivity contribution in [1.29, 1.82) is 0 Å². The van der Waals surface area contributed by atoms with E-state index in [9.17, 15) is 13.2 Å². The SMILES string of the molecule is CSc1ccc(C(=O)N2CCC[C@@H]3CN(S(=O)(=O)N(C)C)CC[C@@H]32)cc1. The monoisotopic (exact) mass is 397 g/mol. The molecule has 2 aliphatic heterocycles. The molecule has 8 heteroatoms. The Labute approximate surface area is 160 Å². The highest BCUT2D eigenvalue weighted by Gasteiger charge is 2.41. The summed E-state index contributed by atoms with van der Waals surface area (Å²) in [5, 5.41) is 0. The van der Waals surface area contributed by atoms with Gasteiger partial charge in [0.25, 0.3) is 16.1 Å².